The average Bonchev–Trinajstić information content (AvgIpc) is 3.22. The van der Waals surface area contributed by atoms with Gasteiger partial charge in [-0.2, -0.15) is 0 Å². The summed E-state index contributed by atoms with van der Waals surface area (Å²) in [5, 5.41) is 48.6. The number of aliphatic carboxylic acids is 1. The van der Waals surface area contributed by atoms with Gasteiger partial charge in [0.15, 0.2) is 0 Å². The SMILES string of the molecule is CNC(=O)C(CCCCNC(=O)c1ccccc1[PH+](c1ccccc1)c1ccccc1)NC(=O)c1ccc(N[NH-])nc1.O=C(O)CNC(CO)(CO)CO.[Tc]. The molecule has 0 aliphatic rings. The van der Waals surface area contributed by atoms with Gasteiger partial charge in [-0.15, -0.1) is 0 Å². The molecule has 10 N–H and O–H groups in total. The van der Waals surface area contributed by atoms with Crippen molar-refractivity contribution in [3.05, 3.63) is 120 Å². The second-order valence-electron chi connectivity index (χ2n) is 12.1. The Balaban J connectivity index is 0.000000694. The second-order valence-corrected chi connectivity index (χ2v) is 14.5. The van der Waals surface area contributed by atoms with Gasteiger partial charge in [0.25, 0.3) is 11.8 Å². The number of hydrogen-bond acceptors (Lipinski definition) is 10. The number of unbranched alkanes of at least 4 members (excludes halogenated alkanes) is 1. The zero-order valence-electron chi connectivity index (χ0n) is 30.3. The van der Waals surface area contributed by atoms with E-state index in [1.807, 2.05) is 60.7 Å². The predicted molar refractivity (Wildman–Crippen MR) is 210 cm³/mol. The number of likely N-dealkylation sites (N-methyl/N-ethyl adjacent to an activating group) is 1. The standard InChI is InChI=1S/C32H34N6O3P.C6H13NO5.Tc/c1-34-32(41)27(37-30(39)23-19-20-29(38-33)36-22-23)17-10-11-21-35-31(40)26-16-8-9-18-28(26)42(24-12-4-2-5-13-24)25-14-6-3-7-15-25;8-2-6(3-9,4-10)7-1-5(11)12;/h2-9,12-16,18-20,22,27,33H,10-11,17,21H2,1H3,(H,34,41)(H,35,40)(H2,36,37,38,39);7-10H,1-4H2,(H,11,12);/q-1;;/p+1. The van der Waals surface area contributed by atoms with Crippen molar-refractivity contribution in [2.75, 3.05) is 45.4 Å². The number of carboxylic acid groups (broad SMARTS) is 1. The molecule has 295 valence electrons. The summed E-state index contributed by atoms with van der Waals surface area (Å²) in [6.07, 6.45) is 3.01. The molecule has 3 amide bonds. The summed E-state index contributed by atoms with van der Waals surface area (Å²) in [6.45, 7) is -1.54. The molecule has 55 heavy (non-hydrogen) atoms. The van der Waals surface area contributed by atoms with Crippen molar-refractivity contribution in [1.29, 1.82) is 0 Å². The molecule has 1 atom stereocenters. The fraction of sp³-hybridized carbons (Fsp3) is 0.289. The van der Waals surface area contributed by atoms with E-state index < -0.39 is 57.7 Å². The van der Waals surface area contributed by atoms with Crippen molar-refractivity contribution in [3.63, 3.8) is 0 Å². The van der Waals surface area contributed by atoms with E-state index in [1.165, 1.54) is 36.0 Å². The molecule has 1 unspecified atom stereocenters. The number of carboxylic acids is 1. The minimum Gasteiger partial charge on any atom is -0.585 e. The molecule has 1 aromatic heterocycles. The largest absolute Gasteiger partial charge is 0.585 e. The third-order valence-electron chi connectivity index (χ3n) is 8.32. The molecule has 17 heteroatoms. The molecule has 1 radical (unpaired) electrons. The van der Waals surface area contributed by atoms with Crippen LogP contribution in [0.15, 0.2) is 103 Å². The van der Waals surface area contributed by atoms with E-state index in [9.17, 15) is 19.2 Å². The first-order chi connectivity index (χ1) is 26.1. The zero-order valence-corrected chi connectivity index (χ0v) is 33.2. The normalized spacial score (nSPS) is 11.2. The van der Waals surface area contributed by atoms with Crippen LogP contribution in [-0.2, 0) is 29.7 Å². The number of nitrogens with zero attached hydrogens (tertiary/aromatic N) is 1. The Bertz CT molecular complexity index is 1720. The third kappa shape index (κ3) is 14.5. The summed E-state index contributed by atoms with van der Waals surface area (Å²) in [4.78, 5) is 52.5. The van der Waals surface area contributed by atoms with E-state index in [-0.39, 0.29) is 31.9 Å². The van der Waals surface area contributed by atoms with Crippen LogP contribution in [0.1, 0.15) is 40.0 Å². The van der Waals surface area contributed by atoms with Crippen LogP contribution in [0.3, 0.4) is 0 Å². The second kappa shape index (κ2) is 24.7. The number of anilines is 1. The molecule has 0 aliphatic heterocycles. The molecule has 3 aromatic carbocycles. The molecule has 0 fully saturated rings. The van der Waals surface area contributed by atoms with Crippen molar-refractivity contribution >= 4 is 53.3 Å². The van der Waals surface area contributed by atoms with Gasteiger partial charge in [0.1, 0.15) is 27.8 Å². The van der Waals surface area contributed by atoms with Crippen molar-refractivity contribution in [2.45, 2.75) is 30.8 Å². The first kappa shape index (κ1) is 46.5. The predicted octanol–water partition coefficient (Wildman–Crippen LogP) is 0.770. The molecule has 4 aromatic rings. The van der Waals surface area contributed by atoms with Gasteiger partial charge in [-0.3, -0.25) is 24.5 Å². The van der Waals surface area contributed by atoms with Gasteiger partial charge in [0.2, 0.25) is 5.91 Å². The van der Waals surface area contributed by atoms with Gasteiger partial charge in [0.05, 0.1) is 51.0 Å². The molecule has 1 heterocycles. The molecule has 0 saturated carbocycles. The Morgan fingerprint density at radius 1 is 0.800 bits per heavy atom. The summed E-state index contributed by atoms with van der Waals surface area (Å²) < 4.78 is 0. The Morgan fingerprint density at radius 3 is 1.89 bits per heavy atom. The summed E-state index contributed by atoms with van der Waals surface area (Å²) in [6, 6.07) is 30.7. The van der Waals surface area contributed by atoms with Crippen LogP contribution in [0.25, 0.3) is 5.84 Å². The minimum atomic E-state index is -1.41. The van der Waals surface area contributed by atoms with Crippen molar-refractivity contribution < 1.29 is 59.7 Å². The summed E-state index contributed by atoms with van der Waals surface area (Å²) >= 11 is 0. The maximum atomic E-state index is 13.4. The number of nitrogens with one attached hydrogen (secondary N) is 6. The fourth-order valence-corrected chi connectivity index (χ4v) is 7.96. The van der Waals surface area contributed by atoms with E-state index >= 15 is 0 Å². The van der Waals surface area contributed by atoms with E-state index in [1.54, 1.807) is 0 Å². The summed E-state index contributed by atoms with van der Waals surface area (Å²) in [5.74, 6) is 5.46. The van der Waals surface area contributed by atoms with E-state index in [0.29, 0.717) is 42.8 Å². The van der Waals surface area contributed by atoms with Gasteiger partial charge in [-0.1, -0.05) is 48.5 Å². The molecule has 0 saturated heterocycles. The molecular formula is C38H48N7O8PTc. The number of amides is 3. The summed E-state index contributed by atoms with van der Waals surface area (Å²) in [5.41, 5.74) is 1.80. The number of pyridine rings is 1. The number of hydrogen-bond donors (Lipinski definition) is 9. The number of rotatable bonds is 19. The Hall–Kier alpha value is -4.63. The first-order valence-electron chi connectivity index (χ1n) is 17.2. The van der Waals surface area contributed by atoms with E-state index in [2.05, 4.69) is 55.9 Å². The van der Waals surface area contributed by atoms with Crippen molar-refractivity contribution in [2.24, 2.45) is 0 Å². The molecule has 4 rings (SSSR count). The third-order valence-corrected chi connectivity index (χ3v) is 11.1. The van der Waals surface area contributed by atoms with Crippen molar-refractivity contribution in [1.82, 2.24) is 26.3 Å². The van der Waals surface area contributed by atoms with Crippen LogP contribution in [0, 0.1) is 0 Å². The quantitative estimate of drug-likeness (QED) is 0.0362. The van der Waals surface area contributed by atoms with Crippen LogP contribution in [0.4, 0.5) is 5.82 Å². The van der Waals surface area contributed by atoms with Crippen LogP contribution in [0.2, 0.25) is 0 Å². The number of carbonyl (C=O) groups excluding carboxylic acids is 3. The Labute approximate surface area is 334 Å². The zero-order chi connectivity index (χ0) is 39.3. The number of benzene rings is 3. The van der Waals surface area contributed by atoms with Gasteiger partial charge < -0.3 is 47.6 Å². The first-order valence-corrected chi connectivity index (χ1v) is 18.7. The summed E-state index contributed by atoms with van der Waals surface area (Å²) in [7, 11) is 0.114. The number of aliphatic hydroxyl groups is 3. The van der Waals surface area contributed by atoms with Gasteiger partial charge in [-0.05, 0) is 67.8 Å². The fourth-order valence-electron chi connectivity index (χ4n) is 5.22. The van der Waals surface area contributed by atoms with E-state index in [0.717, 1.165) is 5.30 Å². The Morgan fingerprint density at radius 2 is 1.38 bits per heavy atom. The number of aromatic nitrogens is 1. The maximum Gasteiger partial charge on any atom is 0.317 e. The van der Waals surface area contributed by atoms with Gasteiger partial charge >= 0.3 is 5.97 Å². The van der Waals surface area contributed by atoms with Crippen LogP contribution >= 0.6 is 7.92 Å². The molecular weight excluding hydrogens is 811 g/mol. The Kier molecular flexibility index (Phi) is 20.9. The van der Waals surface area contributed by atoms with Crippen LogP contribution < -0.4 is 42.6 Å². The smallest absolute Gasteiger partial charge is 0.317 e. The monoisotopic (exact) mass is 858 g/mol. The maximum absolute atomic E-state index is 13.4. The van der Waals surface area contributed by atoms with Crippen LogP contribution in [0.5, 0.6) is 0 Å². The molecule has 0 aliphatic carbocycles. The average molecular weight is 860 g/mol. The molecule has 15 nitrogen and oxygen atoms in total. The number of aliphatic hydroxyl groups excluding tert-OH is 3. The van der Waals surface area contributed by atoms with E-state index in [4.69, 9.17) is 26.3 Å². The van der Waals surface area contributed by atoms with Crippen LogP contribution in [-0.4, -0.2) is 101 Å². The van der Waals surface area contributed by atoms with Crippen molar-refractivity contribution in [3.8, 4) is 0 Å². The van der Waals surface area contributed by atoms with Gasteiger partial charge in [0, 0.05) is 39.9 Å². The number of carbonyl (C=O) groups is 4. The molecule has 0 bridgehead atoms. The van der Waals surface area contributed by atoms with Gasteiger partial charge in [-0.25, -0.2) is 4.98 Å². The molecule has 0 spiro atoms. The topological polar surface area (TPSA) is 246 Å². The minimum absolute atomic E-state index is 0.